The van der Waals surface area contributed by atoms with Crippen molar-refractivity contribution in [1.29, 1.82) is 0 Å². The molecule has 154 valence electrons. The summed E-state index contributed by atoms with van der Waals surface area (Å²) in [5.41, 5.74) is -0.387. The number of piperidine rings is 1. The topological polar surface area (TPSA) is 78.0 Å². The van der Waals surface area contributed by atoms with Gasteiger partial charge < -0.3 is 20.7 Å². The maximum absolute atomic E-state index is 11.6. The monoisotopic (exact) mass is 483 g/mol. The third-order valence-corrected chi connectivity index (χ3v) is 4.21. The molecule has 7 nitrogen and oxygen atoms in total. The van der Waals surface area contributed by atoms with Gasteiger partial charge in [-0.25, -0.2) is 4.79 Å². The van der Waals surface area contributed by atoms with Crippen LogP contribution in [0.5, 0.6) is 0 Å². The summed E-state index contributed by atoms with van der Waals surface area (Å²) in [6.45, 7) is 14.3. The van der Waals surface area contributed by atoms with E-state index in [1.54, 1.807) is 7.05 Å². The lowest BCUT2D eigenvalue weighted by Gasteiger charge is -2.41. The van der Waals surface area contributed by atoms with Crippen molar-refractivity contribution in [2.45, 2.75) is 65.0 Å². The van der Waals surface area contributed by atoms with Gasteiger partial charge in [-0.2, -0.15) is 0 Å². The lowest BCUT2D eigenvalue weighted by molar-refractivity contribution is 0.0529. The summed E-state index contributed by atoms with van der Waals surface area (Å²) >= 11 is 0. The molecule has 1 fully saturated rings. The van der Waals surface area contributed by atoms with Crippen LogP contribution in [0.4, 0.5) is 4.79 Å². The summed E-state index contributed by atoms with van der Waals surface area (Å²) in [6.07, 6.45) is 3.51. The Morgan fingerprint density at radius 3 is 2.12 bits per heavy atom. The normalized spacial score (nSPS) is 16.5. The maximum Gasteiger partial charge on any atom is 0.407 e. The number of rotatable bonds is 6. The van der Waals surface area contributed by atoms with E-state index in [2.05, 4.69) is 39.7 Å². The number of likely N-dealkylation sites (tertiary alicyclic amines) is 1. The Hall–Kier alpha value is -0.770. The van der Waals surface area contributed by atoms with Crippen LogP contribution in [0.3, 0.4) is 0 Å². The molecule has 0 aliphatic carbocycles. The van der Waals surface area contributed by atoms with Gasteiger partial charge in [0, 0.05) is 32.2 Å². The van der Waals surface area contributed by atoms with Gasteiger partial charge in [-0.3, -0.25) is 9.89 Å². The molecule has 0 aromatic heterocycles. The van der Waals surface area contributed by atoms with E-state index in [1.807, 2.05) is 20.8 Å². The third-order valence-electron chi connectivity index (χ3n) is 4.21. The molecule has 0 spiro atoms. The lowest BCUT2D eigenvalue weighted by atomic mass is 9.98. The standard InChI is InChI=1S/C18H37N5O2.HI/c1-17(2,3)25-16(24)21-11-10-20-15(19-6)22-14-18(4,5)23-12-8-7-9-13-23;/h7-14H2,1-6H3,(H,21,24)(H2,19,20,22);1H. The number of carbonyl (C=O) groups is 1. The first-order chi connectivity index (χ1) is 11.6. The SMILES string of the molecule is CN=C(NCCNC(=O)OC(C)(C)C)NCC(C)(C)N1CCCCC1.I. The van der Waals surface area contributed by atoms with Crippen LogP contribution in [-0.2, 0) is 4.74 Å². The molecule has 0 unspecified atom stereocenters. The first-order valence-corrected chi connectivity index (χ1v) is 9.30. The number of amides is 1. The highest BCUT2D eigenvalue weighted by Gasteiger charge is 2.27. The van der Waals surface area contributed by atoms with Crippen molar-refractivity contribution in [3.8, 4) is 0 Å². The predicted molar refractivity (Wildman–Crippen MR) is 119 cm³/mol. The zero-order valence-electron chi connectivity index (χ0n) is 17.3. The van der Waals surface area contributed by atoms with Crippen molar-refractivity contribution in [3.05, 3.63) is 0 Å². The molecule has 1 aliphatic heterocycles. The van der Waals surface area contributed by atoms with E-state index in [-0.39, 0.29) is 29.5 Å². The minimum atomic E-state index is -0.477. The highest BCUT2D eigenvalue weighted by atomic mass is 127. The van der Waals surface area contributed by atoms with E-state index in [0.29, 0.717) is 13.1 Å². The number of hydrogen-bond donors (Lipinski definition) is 3. The molecule has 1 heterocycles. The Morgan fingerprint density at radius 2 is 1.58 bits per heavy atom. The number of nitrogens with zero attached hydrogens (tertiary/aromatic N) is 2. The van der Waals surface area contributed by atoms with Crippen LogP contribution in [0.15, 0.2) is 4.99 Å². The summed E-state index contributed by atoms with van der Waals surface area (Å²) in [7, 11) is 1.75. The lowest BCUT2D eigenvalue weighted by Crippen LogP contribution is -2.55. The van der Waals surface area contributed by atoms with Crippen molar-refractivity contribution in [3.63, 3.8) is 0 Å². The van der Waals surface area contributed by atoms with Crippen LogP contribution in [-0.4, -0.2) is 67.9 Å². The quantitative estimate of drug-likeness (QED) is 0.234. The zero-order chi connectivity index (χ0) is 18.9. The third kappa shape index (κ3) is 10.4. The van der Waals surface area contributed by atoms with Gasteiger partial charge in [-0.15, -0.1) is 24.0 Å². The average Bonchev–Trinajstić information content (AvgIpc) is 2.53. The largest absolute Gasteiger partial charge is 0.444 e. The highest BCUT2D eigenvalue weighted by Crippen LogP contribution is 2.19. The van der Waals surface area contributed by atoms with Crippen molar-refractivity contribution >= 4 is 36.0 Å². The summed E-state index contributed by atoms with van der Waals surface area (Å²) in [5.74, 6) is 0.746. The van der Waals surface area contributed by atoms with Crippen LogP contribution >= 0.6 is 24.0 Å². The summed E-state index contributed by atoms with van der Waals surface area (Å²) < 4.78 is 5.20. The maximum atomic E-state index is 11.6. The smallest absolute Gasteiger partial charge is 0.407 e. The molecule has 3 N–H and O–H groups in total. The van der Waals surface area contributed by atoms with Crippen LogP contribution < -0.4 is 16.0 Å². The number of guanidine groups is 1. The van der Waals surface area contributed by atoms with Gasteiger partial charge >= 0.3 is 6.09 Å². The van der Waals surface area contributed by atoms with Gasteiger partial charge in [0.2, 0.25) is 0 Å². The fourth-order valence-electron chi connectivity index (χ4n) is 2.79. The number of aliphatic imine (C=N–C) groups is 1. The van der Waals surface area contributed by atoms with Crippen LogP contribution in [0.25, 0.3) is 0 Å². The summed E-state index contributed by atoms with van der Waals surface area (Å²) in [4.78, 5) is 18.4. The molecule has 0 bridgehead atoms. The van der Waals surface area contributed by atoms with Crippen LogP contribution in [0.1, 0.15) is 53.9 Å². The van der Waals surface area contributed by atoms with Crippen molar-refractivity contribution in [2.75, 3.05) is 39.8 Å². The molecule has 0 saturated carbocycles. The predicted octanol–water partition coefficient (Wildman–Crippen LogP) is 2.56. The first-order valence-electron chi connectivity index (χ1n) is 9.30. The Kier molecular flexibility index (Phi) is 11.5. The molecule has 1 saturated heterocycles. The molecule has 0 atom stereocenters. The van der Waals surface area contributed by atoms with Crippen LogP contribution in [0, 0.1) is 0 Å². The Labute approximate surface area is 176 Å². The van der Waals surface area contributed by atoms with Crippen molar-refractivity contribution in [2.24, 2.45) is 4.99 Å². The second kappa shape index (κ2) is 11.8. The molecule has 0 radical (unpaired) electrons. The van der Waals surface area contributed by atoms with Crippen molar-refractivity contribution < 1.29 is 9.53 Å². The molecule has 1 aliphatic rings. The number of ether oxygens (including phenoxy) is 1. The van der Waals surface area contributed by atoms with E-state index < -0.39 is 11.7 Å². The Morgan fingerprint density at radius 1 is 1.00 bits per heavy atom. The van der Waals surface area contributed by atoms with Gasteiger partial charge in [0.1, 0.15) is 5.60 Å². The molecule has 0 aromatic carbocycles. The summed E-state index contributed by atoms with van der Waals surface area (Å²) in [5, 5.41) is 9.33. The second-order valence-corrected chi connectivity index (χ2v) is 8.14. The molecular weight excluding hydrogens is 445 g/mol. The Balaban J connectivity index is 0.00000625. The number of nitrogens with one attached hydrogen (secondary N) is 3. The van der Waals surface area contributed by atoms with E-state index in [4.69, 9.17) is 4.74 Å². The van der Waals surface area contributed by atoms with E-state index in [9.17, 15) is 4.79 Å². The zero-order valence-corrected chi connectivity index (χ0v) is 19.6. The second-order valence-electron chi connectivity index (χ2n) is 8.14. The number of carbonyl (C=O) groups excluding carboxylic acids is 1. The molecule has 1 amide bonds. The van der Waals surface area contributed by atoms with Gasteiger partial charge in [0.15, 0.2) is 5.96 Å². The van der Waals surface area contributed by atoms with E-state index in [1.165, 1.54) is 32.4 Å². The number of hydrogen-bond acceptors (Lipinski definition) is 4. The summed E-state index contributed by atoms with van der Waals surface area (Å²) in [6, 6.07) is 0. The van der Waals surface area contributed by atoms with Gasteiger partial charge in [0.05, 0.1) is 0 Å². The number of alkyl carbamates (subject to hydrolysis) is 1. The minimum absolute atomic E-state index is 0. The highest BCUT2D eigenvalue weighted by molar-refractivity contribution is 14.0. The van der Waals surface area contributed by atoms with E-state index >= 15 is 0 Å². The fourth-order valence-corrected chi connectivity index (χ4v) is 2.79. The number of halogens is 1. The molecule has 26 heavy (non-hydrogen) atoms. The molecular formula is C18H38IN5O2. The first kappa shape index (κ1) is 25.2. The van der Waals surface area contributed by atoms with Gasteiger partial charge in [0.25, 0.3) is 0 Å². The fraction of sp³-hybridized carbons (Fsp3) is 0.889. The van der Waals surface area contributed by atoms with E-state index in [0.717, 1.165) is 12.5 Å². The average molecular weight is 483 g/mol. The molecule has 0 aromatic rings. The van der Waals surface area contributed by atoms with Crippen LogP contribution in [0.2, 0.25) is 0 Å². The van der Waals surface area contributed by atoms with Crippen molar-refractivity contribution in [1.82, 2.24) is 20.9 Å². The Bertz CT molecular complexity index is 443. The van der Waals surface area contributed by atoms with Gasteiger partial charge in [-0.1, -0.05) is 6.42 Å². The minimum Gasteiger partial charge on any atom is -0.444 e. The molecule has 1 rings (SSSR count). The van der Waals surface area contributed by atoms with Gasteiger partial charge in [-0.05, 0) is 60.5 Å². The molecule has 8 heteroatoms.